The number of rotatable bonds is 5. The Labute approximate surface area is 198 Å². The Morgan fingerprint density at radius 1 is 1.21 bits per heavy atom. The molecule has 2 N–H and O–H groups in total. The van der Waals surface area contributed by atoms with Gasteiger partial charge in [0, 0.05) is 12.6 Å². The maximum absolute atomic E-state index is 13.3. The van der Waals surface area contributed by atoms with Crippen LogP contribution in [0, 0.1) is 5.92 Å². The monoisotopic (exact) mass is 476 g/mol. The summed E-state index contributed by atoms with van der Waals surface area (Å²) in [5.41, 5.74) is 0.967. The zero-order valence-electron chi connectivity index (χ0n) is 20.1. The van der Waals surface area contributed by atoms with Crippen LogP contribution < -0.4 is 5.32 Å². The van der Waals surface area contributed by atoms with E-state index >= 15 is 0 Å². The largest absolute Gasteiger partial charge is 0.480 e. The minimum absolute atomic E-state index is 0.0386. The standard InChI is InChI=1S/C23H32N4O7/c1-13(2)18(25-21(31)34-23(3,4)5)19(28)27-11-15(9-17(27)20(29)30)33-22(32)26-10-14-7-6-8-24-16(14)12-26/h6-8,13,15,17-18H,9-12H2,1-5H3,(H,25,31)(H,29,30)/t15-,17+,18+/m1/s1. The van der Waals surface area contributed by atoms with Crippen LogP contribution in [0.15, 0.2) is 18.3 Å². The third-order valence-electron chi connectivity index (χ3n) is 5.65. The second-order valence-corrected chi connectivity index (χ2v) is 9.92. The predicted molar refractivity (Wildman–Crippen MR) is 120 cm³/mol. The highest BCUT2D eigenvalue weighted by molar-refractivity contribution is 5.90. The first-order valence-corrected chi connectivity index (χ1v) is 11.3. The fraction of sp³-hybridized carbons (Fsp3) is 0.609. The highest BCUT2D eigenvalue weighted by Gasteiger charge is 2.45. The van der Waals surface area contributed by atoms with Gasteiger partial charge in [-0.25, -0.2) is 14.4 Å². The smallest absolute Gasteiger partial charge is 0.410 e. The van der Waals surface area contributed by atoms with Crippen LogP contribution in [-0.2, 0) is 32.2 Å². The van der Waals surface area contributed by atoms with Crippen molar-refractivity contribution >= 4 is 24.1 Å². The lowest BCUT2D eigenvalue weighted by molar-refractivity contribution is -0.149. The number of fused-ring (bicyclic) bond motifs is 1. The van der Waals surface area contributed by atoms with Crippen LogP contribution in [0.2, 0.25) is 0 Å². The Morgan fingerprint density at radius 2 is 1.91 bits per heavy atom. The van der Waals surface area contributed by atoms with Gasteiger partial charge in [0.25, 0.3) is 0 Å². The molecule has 34 heavy (non-hydrogen) atoms. The first kappa shape index (κ1) is 25.3. The van der Waals surface area contributed by atoms with Crippen LogP contribution in [0.3, 0.4) is 0 Å². The lowest BCUT2D eigenvalue weighted by Gasteiger charge is -2.30. The molecule has 0 bridgehead atoms. The lowest BCUT2D eigenvalue weighted by atomic mass is 10.0. The minimum Gasteiger partial charge on any atom is -0.480 e. The van der Waals surface area contributed by atoms with Crippen LogP contribution >= 0.6 is 0 Å². The number of amides is 3. The van der Waals surface area contributed by atoms with Gasteiger partial charge in [-0.3, -0.25) is 14.7 Å². The van der Waals surface area contributed by atoms with Gasteiger partial charge in [0.05, 0.1) is 25.3 Å². The van der Waals surface area contributed by atoms with Crippen molar-refractivity contribution in [2.24, 2.45) is 5.92 Å². The number of carboxylic acid groups (broad SMARTS) is 1. The number of likely N-dealkylation sites (tertiary alicyclic amines) is 1. The SMILES string of the molecule is CC(C)[C@H](NC(=O)OC(C)(C)C)C(=O)N1C[C@H](OC(=O)N2Cc3cccnc3C2)C[C@H]1C(=O)O. The molecule has 0 radical (unpaired) electrons. The molecular formula is C23H32N4O7. The summed E-state index contributed by atoms with van der Waals surface area (Å²) in [6.45, 7) is 9.16. The molecule has 11 nitrogen and oxygen atoms in total. The van der Waals surface area contributed by atoms with Crippen molar-refractivity contribution in [2.45, 2.75) is 77.9 Å². The zero-order chi connectivity index (χ0) is 25.2. The number of carbonyl (C=O) groups is 4. The predicted octanol–water partition coefficient (Wildman–Crippen LogP) is 2.14. The zero-order valence-corrected chi connectivity index (χ0v) is 20.1. The summed E-state index contributed by atoms with van der Waals surface area (Å²) in [7, 11) is 0. The molecule has 0 aromatic carbocycles. The molecule has 3 rings (SSSR count). The number of ether oxygens (including phenoxy) is 2. The van der Waals surface area contributed by atoms with Gasteiger partial charge >= 0.3 is 18.2 Å². The van der Waals surface area contributed by atoms with Crippen LogP contribution in [0.4, 0.5) is 9.59 Å². The number of aliphatic carboxylic acids is 1. The third kappa shape index (κ3) is 5.95. The molecule has 1 fully saturated rings. The van der Waals surface area contributed by atoms with Gasteiger partial charge in [0.15, 0.2) is 0 Å². The number of hydrogen-bond acceptors (Lipinski definition) is 7. The highest BCUT2D eigenvalue weighted by atomic mass is 16.6. The first-order chi connectivity index (χ1) is 15.9. The molecular weight excluding hydrogens is 444 g/mol. The molecule has 11 heteroatoms. The molecule has 0 saturated carbocycles. The van der Waals surface area contributed by atoms with Crippen molar-refractivity contribution < 1.29 is 33.8 Å². The molecule has 0 spiro atoms. The average Bonchev–Trinajstić information content (AvgIpc) is 3.34. The highest BCUT2D eigenvalue weighted by Crippen LogP contribution is 2.26. The fourth-order valence-corrected chi connectivity index (χ4v) is 4.03. The summed E-state index contributed by atoms with van der Waals surface area (Å²) in [6.07, 6.45) is -0.529. The van der Waals surface area contributed by atoms with E-state index < -0.39 is 47.9 Å². The summed E-state index contributed by atoms with van der Waals surface area (Å²) in [5, 5.41) is 12.3. The second kappa shape index (κ2) is 9.86. The average molecular weight is 477 g/mol. The van der Waals surface area contributed by atoms with Gasteiger partial charge < -0.3 is 24.8 Å². The van der Waals surface area contributed by atoms with Crippen molar-refractivity contribution in [2.75, 3.05) is 6.54 Å². The first-order valence-electron chi connectivity index (χ1n) is 11.3. The van der Waals surface area contributed by atoms with Crippen LogP contribution in [0.25, 0.3) is 0 Å². The molecule has 3 atom stereocenters. The number of aromatic nitrogens is 1. The van der Waals surface area contributed by atoms with Crippen molar-refractivity contribution in [3.63, 3.8) is 0 Å². The molecule has 1 aromatic rings. The van der Waals surface area contributed by atoms with Gasteiger partial charge in [-0.2, -0.15) is 0 Å². The summed E-state index contributed by atoms with van der Waals surface area (Å²) in [5.74, 6) is -2.10. The van der Waals surface area contributed by atoms with E-state index in [2.05, 4.69) is 10.3 Å². The minimum atomic E-state index is -1.20. The molecule has 3 amide bonds. The van der Waals surface area contributed by atoms with Crippen LogP contribution in [0.5, 0.6) is 0 Å². The van der Waals surface area contributed by atoms with E-state index in [-0.39, 0.29) is 18.9 Å². The van der Waals surface area contributed by atoms with Gasteiger partial charge in [0.2, 0.25) is 5.91 Å². The number of nitrogens with one attached hydrogen (secondary N) is 1. The Balaban J connectivity index is 1.66. The number of hydrogen-bond donors (Lipinski definition) is 2. The number of carbonyl (C=O) groups excluding carboxylic acids is 3. The molecule has 0 aliphatic carbocycles. The van der Waals surface area contributed by atoms with Crippen LogP contribution in [-0.4, -0.2) is 74.3 Å². The topological polar surface area (TPSA) is 138 Å². The normalized spacial score (nSPS) is 20.6. The van der Waals surface area contributed by atoms with Gasteiger partial charge in [-0.15, -0.1) is 0 Å². The maximum atomic E-state index is 13.3. The van der Waals surface area contributed by atoms with Gasteiger partial charge in [-0.05, 0) is 38.3 Å². The molecule has 0 unspecified atom stereocenters. The van der Waals surface area contributed by atoms with Gasteiger partial charge in [-0.1, -0.05) is 19.9 Å². The Kier molecular flexibility index (Phi) is 7.32. The maximum Gasteiger partial charge on any atom is 0.410 e. The van der Waals surface area contributed by atoms with E-state index in [1.54, 1.807) is 46.9 Å². The number of alkyl carbamates (subject to hydrolysis) is 1. The summed E-state index contributed by atoms with van der Waals surface area (Å²) >= 11 is 0. The van der Waals surface area contributed by atoms with E-state index in [1.807, 2.05) is 6.07 Å². The quantitative estimate of drug-likeness (QED) is 0.659. The molecule has 1 saturated heterocycles. The third-order valence-corrected chi connectivity index (χ3v) is 5.65. The summed E-state index contributed by atoms with van der Waals surface area (Å²) < 4.78 is 10.8. The number of nitrogens with zero attached hydrogens (tertiary/aromatic N) is 3. The van der Waals surface area contributed by atoms with Crippen molar-refractivity contribution in [1.82, 2.24) is 20.1 Å². The van der Waals surface area contributed by atoms with Crippen molar-refractivity contribution in [1.29, 1.82) is 0 Å². The molecule has 3 heterocycles. The Hall–Kier alpha value is -3.37. The fourth-order valence-electron chi connectivity index (χ4n) is 4.03. The summed E-state index contributed by atoms with van der Waals surface area (Å²) in [4.78, 5) is 57.0. The molecule has 1 aromatic heterocycles. The molecule has 2 aliphatic heterocycles. The number of pyridine rings is 1. The van der Waals surface area contributed by atoms with Crippen molar-refractivity contribution in [3.8, 4) is 0 Å². The van der Waals surface area contributed by atoms with Crippen molar-refractivity contribution in [3.05, 3.63) is 29.6 Å². The Bertz CT molecular complexity index is 934. The second-order valence-electron chi connectivity index (χ2n) is 9.92. The van der Waals surface area contributed by atoms with E-state index in [1.165, 1.54) is 4.90 Å². The lowest BCUT2D eigenvalue weighted by Crippen LogP contribution is -2.54. The van der Waals surface area contributed by atoms with E-state index in [0.717, 1.165) is 16.2 Å². The molecule has 2 aliphatic rings. The van der Waals surface area contributed by atoms with Crippen LogP contribution in [0.1, 0.15) is 52.3 Å². The van der Waals surface area contributed by atoms with E-state index in [0.29, 0.717) is 13.1 Å². The van der Waals surface area contributed by atoms with E-state index in [4.69, 9.17) is 9.47 Å². The summed E-state index contributed by atoms with van der Waals surface area (Å²) in [6, 6.07) is 1.51. The number of carboxylic acids is 1. The van der Waals surface area contributed by atoms with E-state index in [9.17, 15) is 24.3 Å². The van der Waals surface area contributed by atoms with Gasteiger partial charge in [0.1, 0.15) is 23.8 Å². The Morgan fingerprint density at radius 3 is 2.50 bits per heavy atom. The molecule has 186 valence electrons.